The largest absolute Gasteiger partial charge is 0.355 e. The molecule has 16 heavy (non-hydrogen) atoms. The molecule has 1 fully saturated rings. The van der Waals surface area contributed by atoms with E-state index in [2.05, 4.69) is 5.32 Å². The molecule has 0 bridgehead atoms. The Morgan fingerprint density at radius 2 is 2.25 bits per heavy atom. The number of hydrogen-bond donors (Lipinski definition) is 1. The minimum Gasteiger partial charge on any atom is -0.355 e. The highest BCUT2D eigenvalue weighted by atomic mass is 16.6. The molecule has 1 saturated heterocycles. The molecule has 1 unspecified atom stereocenters. The molecule has 84 valence electrons. The number of benzene rings is 1. The highest BCUT2D eigenvalue weighted by molar-refractivity contribution is 5.79. The Morgan fingerprint density at radius 3 is 2.81 bits per heavy atom. The minimum atomic E-state index is -0.386. The molecular weight excluding hydrogens is 208 g/mol. The number of aryl methyl sites for hydroxylation is 1. The van der Waals surface area contributed by atoms with Gasteiger partial charge in [-0.2, -0.15) is 0 Å². The topological polar surface area (TPSA) is 72.2 Å². The van der Waals surface area contributed by atoms with Gasteiger partial charge in [-0.05, 0) is 12.5 Å². The highest BCUT2D eigenvalue weighted by Gasteiger charge is 2.24. The zero-order valence-electron chi connectivity index (χ0n) is 8.90. The van der Waals surface area contributed by atoms with Crippen LogP contribution in [0.1, 0.15) is 23.5 Å². The van der Waals surface area contributed by atoms with Crippen molar-refractivity contribution in [2.75, 3.05) is 6.54 Å². The highest BCUT2D eigenvalue weighted by Crippen LogP contribution is 2.28. The number of nitro benzene ring substituents is 1. The van der Waals surface area contributed by atoms with Gasteiger partial charge in [0.25, 0.3) is 5.69 Å². The van der Waals surface area contributed by atoms with Crippen LogP contribution in [0, 0.1) is 17.0 Å². The summed E-state index contributed by atoms with van der Waals surface area (Å²) in [5, 5.41) is 13.5. The van der Waals surface area contributed by atoms with Crippen LogP contribution in [0.4, 0.5) is 5.69 Å². The van der Waals surface area contributed by atoms with E-state index in [0.29, 0.717) is 18.5 Å². The average molecular weight is 220 g/mol. The number of amides is 1. The Morgan fingerprint density at radius 1 is 1.50 bits per heavy atom. The zero-order valence-corrected chi connectivity index (χ0v) is 8.90. The summed E-state index contributed by atoms with van der Waals surface area (Å²) in [6.07, 6.45) is 0.417. The first-order valence-electron chi connectivity index (χ1n) is 5.09. The van der Waals surface area contributed by atoms with Gasteiger partial charge >= 0.3 is 0 Å². The lowest BCUT2D eigenvalue weighted by Crippen LogP contribution is -2.13. The molecule has 0 saturated carbocycles. The van der Waals surface area contributed by atoms with Crippen molar-refractivity contribution in [3.63, 3.8) is 0 Å². The van der Waals surface area contributed by atoms with Crippen molar-refractivity contribution in [2.45, 2.75) is 19.3 Å². The number of carbonyl (C=O) groups is 1. The van der Waals surface area contributed by atoms with E-state index in [1.807, 2.05) is 6.07 Å². The van der Waals surface area contributed by atoms with Crippen molar-refractivity contribution in [2.24, 2.45) is 0 Å². The number of nitrogens with one attached hydrogen (secondary N) is 1. The second-order valence-corrected chi connectivity index (χ2v) is 4.01. The van der Waals surface area contributed by atoms with Crippen molar-refractivity contribution < 1.29 is 9.72 Å². The van der Waals surface area contributed by atoms with Gasteiger partial charge in [-0.1, -0.05) is 12.1 Å². The number of nitrogens with zero attached hydrogens (tertiary/aromatic N) is 1. The summed E-state index contributed by atoms with van der Waals surface area (Å²) >= 11 is 0. The smallest absolute Gasteiger partial charge is 0.272 e. The zero-order chi connectivity index (χ0) is 11.7. The Balaban J connectivity index is 2.32. The van der Waals surface area contributed by atoms with E-state index in [-0.39, 0.29) is 22.4 Å². The van der Waals surface area contributed by atoms with Gasteiger partial charge in [-0.15, -0.1) is 0 Å². The van der Waals surface area contributed by atoms with Crippen LogP contribution in [0.2, 0.25) is 0 Å². The number of hydrogen-bond acceptors (Lipinski definition) is 3. The third kappa shape index (κ3) is 1.88. The molecule has 1 atom stereocenters. The van der Waals surface area contributed by atoms with E-state index < -0.39 is 0 Å². The number of carbonyl (C=O) groups excluding carboxylic acids is 1. The lowest BCUT2D eigenvalue weighted by molar-refractivity contribution is -0.385. The van der Waals surface area contributed by atoms with Crippen LogP contribution >= 0.6 is 0 Å². The van der Waals surface area contributed by atoms with E-state index in [4.69, 9.17) is 0 Å². The normalized spacial score (nSPS) is 19.6. The molecule has 1 amide bonds. The van der Waals surface area contributed by atoms with E-state index in [9.17, 15) is 14.9 Å². The summed E-state index contributed by atoms with van der Waals surface area (Å²) in [5.74, 6) is 0.0695. The SMILES string of the molecule is Cc1ccc(C2CNC(=O)C2)cc1[N+](=O)[O-]. The van der Waals surface area contributed by atoms with Gasteiger partial charge in [0.15, 0.2) is 0 Å². The fourth-order valence-corrected chi connectivity index (χ4v) is 1.92. The third-order valence-corrected chi connectivity index (χ3v) is 2.88. The predicted octanol–water partition coefficient (Wildman–Crippen LogP) is 1.51. The molecule has 0 spiro atoms. The molecule has 1 aromatic rings. The fraction of sp³-hybridized carbons (Fsp3) is 0.364. The molecule has 0 aliphatic carbocycles. The summed E-state index contributed by atoms with van der Waals surface area (Å²) in [6.45, 7) is 2.28. The van der Waals surface area contributed by atoms with Crippen molar-refractivity contribution in [1.82, 2.24) is 5.32 Å². The first kappa shape index (κ1) is 10.6. The quantitative estimate of drug-likeness (QED) is 0.606. The monoisotopic (exact) mass is 220 g/mol. The van der Waals surface area contributed by atoms with Crippen LogP contribution in [0.25, 0.3) is 0 Å². The molecule has 1 N–H and O–H groups in total. The van der Waals surface area contributed by atoms with Gasteiger partial charge in [-0.25, -0.2) is 0 Å². The minimum absolute atomic E-state index is 0.00762. The lowest BCUT2D eigenvalue weighted by Gasteiger charge is -2.08. The second-order valence-electron chi connectivity index (χ2n) is 4.01. The first-order valence-corrected chi connectivity index (χ1v) is 5.09. The van der Waals surface area contributed by atoms with Crippen LogP contribution in [0.3, 0.4) is 0 Å². The maximum absolute atomic E-state index is 11.1. The molecule has 1 heterocycles. The molecule has 0 aromatic heterocycles. The molecule has 1 aromatic carbocycles. The van der Waals surface area contributed by atoms with Crippen molar-refractivity contribution in [1.29, 1.82) is 0 Å². The molecular formula is C11H12N2O3. The van der Waals surface area contributed by atoms with Crippen molar-refractivity contribution in [3.05, 3.63) is 39.4 Å². The van der Waals surface area contributed by atoms with Gasteiger partial charge < -0.3 is 5.32 Å². The molecule has 2 rings (SSSR count). The molecule has 1 aliphatic rings. The van der Waals surface area contributed by atoms with Crippen molar-refractivity contribution >= 4 is 11.6 Å². The first-order chi connectivity index (χ1) is 7.58. The van der Waals surface area contributed by atoms with E-state index >= 15 is 0 Å². The van der Waals surface area contributed by atoms with E-state index in [1.165, 1.54) is 0 Å². The summed E-state index contributed by atoms with van der Waals surface area (Å²) in [6, 6.07) is 5.16. The summed E-state index contributed by atoms with van der Waals surface area (Å²) in [7, 11) is 0. The predicted molar refractivity (Wildman–Crippen MR) is 58.2 cm³/mol. The van der Waals surface area contributed by atoms with Gasteiger partial charge in [0.2, 0.25) is 5.91 Å². The van der Waals surface area contributed by atoms with Gasteiger partial charge in [0.05, 0.1) is 4.92 Å². The Kier molecular flexibility index (Phi) is 2.60. The lowest BCUT2D eigenvalue weighted by atomic mass is 9.96. The van der Waals surface area contributed by atoms with Crippen LogP contribution in [0.5, 0.6) is 0 Å². The number of rotatable bonds is 2. The summed E-state index contributed by atoms with van der Waals surface area (Å²) < 4.78 is 0. The summed E-state index contributed by atoms with van der Waals surface area (Å²) in [4.78, 5) is 21.5. The fourth-order valence-electron chi connectivity index (χ4n) is 1.92. The van der Waals surface area contributed by atoms with Crippen LogP contribution in [-0.2, 0) is 4.79 Å². The maximum Gasteiger partial charge on any atom is 0.272 e. The second kappa shape index (κ2) is 3.92. The van der Waals surface area contributed by atoms with E-state index in [1.54, 1.807) is 19.1 Å². The Labute approximate surface area is 92.6 Å². The van der Waals surface area contributed by atoms with Crippen molar-refractivity contribution in [3.8, 4) is 0 Å². The molecule has 1 aliphatic heterocycles. The van der Waals surface area contributed by atoms with Gasteiger partial charge in [0.1, 0.15) is 0 Å². The van der Waals surface area contributed by atoms with Gasteiger partial charge in [-0.3, -0.25) is 14.9 Å². The number of nitro groups is 1. The standard InChI is InChI=1S/C11H12N2O3/c1-7-2-3-8(4-10(7)13(15)16)9-5-11(14)12-6-9/h2-4,9H,5-6H2,1H3,(H,12,14). The Bertz CT molecular complexity index is 457. The van der Waals surface area contributed by atoms with Crippen LogP contribution < -0.4 is 5.32 Å². The van der Waals surface area contributed by atoms with Crippen LogP contribution in [-0.4, -0.2) is 17.4 Å². The summed E-state index contributed by atoms with van der Waals surface area (Å²) in [5.41, 5.74) is 1.62. The average Bonchev–Trinajstić information content (AvgIpc) is 2.65. The molecule has 5 heteroatoms. The molecule has 5 nitrogen and oxygen atoms in total. The van der Waals surface area contributed by atoms with E-state index in [0.717, 1.165) is 5.56 Å². The molecule has 0 radical (unpaired) electrons. The maximum atomic E-state index is 11.1. The Hall–Kier alpha value is -1.91. The van der Waals surface area contributed by atoms with Crippen LogP contribution in [0.15, 0.2) is 18.2 Å². The third-order valence-electron chi connectivity index (χ3n) is 2.88. The van der Waals surface area contributed by atoms with Gasteiger partial charge in [0, 0.05) is 30.5 Å².